The van der Waals surface area contributed by atoms with Gasteiger partial charge in [0.25, 0.3) is 5.91 Å². The molecule has 2 unspecified atom stereocenters. The van der Waals surface area contributed by atoms with E-state index in [1.54, 1.807) is 16.8 Å². The van der Waals surface area contributed by atoms with Crippen molar-refractivity contribution in [1.29, 1.82) is 0 Å². The van der Waals surface area contributed by atoms with Crippen LogP contribution < -0.4 is 5.32 Å². The molecule has 2 saturated heterocycles. The van der Waals surface area contributed by atoms with Crippen molar-refractivity contribution in [3.8, 4) is 0 Å². The second kappa shape index (κ2) is 5.30. The number of nitrogens with one attached hydrogen (secondary N) is 1. The molecular weight excluding hydrogens is 266 g/mol. The van der Waals surface area contributed by atoms with Crippen LogP contribution in [0, 0.1) is 0 Å². The number of nitrogens with zero attached hydrogens (tertiary/aromatic N) is 2. The van der Waals surface area contributed by atoms with Gasteiger partial charge in [0.2, 0.25) is 0 Å². The molecule has 5 heteroatoms. The highest BCUT2D eigenvalue weighted by atomic mass is 16.2. The molecule has 0 aliphatic carbocycles. The number of carbonyl (C=O) groups excluding carboxylic acids is 2. The summed E-state index contributed by atoms with van der Waals surface area (Å²) in [7, 11) is 3.71. The van der Waals surface area contributed by atoms with Crippen LogP contribution >= 0.6 is 0 Å². The molecule has 3 rings (SSSR count). The molecule has 21 heavy (non-hydrogen) atoms. The molecule has 1 aromatic rings. The lowest BCUT2D eigenvalue weighted by molar-refractivity contribution is 0.0672. The average Bonchev–Trinajstić information content (AvgIpc) is 3.00. The molecule has 3 heterocycles. The summed E-state index contributed by atoms with van der Waals surface area (Å²) in [5, 5.41) is 3.60. The van der Waals surface area contributed by atoms with Gasteiger partial charge in [-0.2, -0.15) is 0 Å². The monoisotopic (exact) mass is 289 g/mol. The van der Waals surface area contributed by atoms with E-state index in [4.69, 9.17) is 0 Å². The SMILES string of the molecule is CC(=O)c1cc(C(=O)N(C)C2CC3CCC(C2)N3)n(C)c1. The number of Topliss-reactive ketones (excluding diaryl/α,β-unsaturated/α-hetero) is 1. The Hall–Kier alpha value is -1.62. The molecule has 2 bridgehead atoms. The van der Waals surface area contributed by atoms with Crippen molar-refractivity contribution >= 4 is 11.7 Å². The molecule has 2 aliphatic rings. The zero-order valence-electron chi connectivity index (χ0n) is 12.9. The van der Waals surface area contributed by atoms with Crippen LogP contribution in [-0.4, -0.2) is 46.3 Å². The standard InChI is InChI=1S/C16H23N3O2/c1-10(20)11-6-15(18(2)9-11)16(21)19(3)14-7-12-4-5-13(8-14)17-12/h6,9,12-14,17H,4-5,7-8H2,1-3H3. The van der Waals surface area contributed by atoms with Gasteiger partial charge in [-0.15, -0.1) is 0 Å². The summed E-state index contributed by atoms with van der Waals surface area (Å²) < 4.78 is 1.76. The van der Waals surface area contributed by atoms with Crippen molar-refractivity contribution in [3.05, 3.63) is 23.5 Å². The van der Waals surface area contributed by atoms with Gasteiger partial charge in [-0.25, -0.2) is 0 Å². The molecule has 0 saturated carbocycles. The van der Waals surface area contributed by atoms with E-state index in [0.29, 0.717) is 29.4 Å². The van der Waals surface area contributed by atoms with Crippen LogP contribution in [0.1, 0.15) is 53.5 Å². The molecule has 0 spiro atoms. The topological polar surface area (TPSA) is 54.3 Å². The van der Waals surface area contributed by atoms with Crippen molar-refractivity contribution in [2.24, 2.45) is 7.05 Å². The normalized spacial score (nSPS) is 27.7. The van der Waals surface area contributed by atoms with Gasteiger partial charge in [0.1, 0.15) is 5.69 Å². The highest BCUT2D eigenvalue weighted by Gasteiger charge is 2.36. The first-order chi connectivity index (χ1) is 9.95. The number of amides is 1. The first kappa shape index (κ1) is 14.3. The maximum atomic E-state index is 12.7. The minimum absolute atomic E-state index is 0.00721. The van der Waals surface area contributed by atoms with Crippen molar-refractivity contribution in [3.63, 3.8) is 0 Å². The van der Waals surface area contributed by atoms with Crippen molar-refractivity contribution in [2.75, 3.05) is 7.05 Å². The summed E-state index contributed by atoms with van der Waals surface area (Å²) in [6.45, 7) is 1.53. The number of hydrogen-bond acceptors (Lipinski definition) is 3. The molecule has 5 nitrogen and oxygen atoms in total. The number of aryl methyl sites for hydroxylation is 1. The van der Waals surface area contributed by atoms with Gasteiger partial charge in [-0.3, -0.25) is 9.59 Å². The van der Waals surface area contributed by atoms with E-state index in [1.807, 2.05) is 19.0 Å². The smallest absolute Gasteiger partial charge is 0.270 e. The molecular formula is C16H23N3O2. The second-order valence-electron chi connectivity index (χ2n) is 6.46. The summed E-state index contributed by atoms with van der Waals surface area (Å²) >= 11 is 0. The second-order valence-corrected chi connectivity index (χ2v) is 6.46. The Kier molecular flexibility index (Phi) is 3.61. The number of ketones is 1. The molecule has 114 valence electrons. The Morgan fingerprint density at radius 1 is 1.29 bits per heavy atom. The predicted octanol–water partition coefficient (Wildman–Crippen LogP) is 1.58. The first-order valence-corrected chi connectivity index (χ1v) is 7.66. The van der Waals surface area contributed by atoms with Crippen LogP contribution in [0.15, 0.2) is 12.3 Å². The summed E-state index contributed by atoms with van der Waals surface area (Å²) in [6, 6.07) is 3.12. The van der Waals surface area contributed by atoms with Crippen LogP contribution in [0.2, 0.25) is 0 Å². The largest absolute Gasteiger partial charge is 0.346 e. The van der Waals surface area contributed by atoms with Gasteiger partial charge in [-0.05, 0) is 38.7 Å². The fraction of sp³-hybridized carbons (Fsp3) is 0.625. The molecule has 0 aromatic carbocycles. The van der Waals surface area contributed by atoms with Gasteiger partial charge >= 0.3 is 0 Å². The Balaban J connectivity index is 1.76. The predicted molar refractivity (Wildman–Crippen MR) is 80.5 cm³/mol. The van der Waals surface area contributed by atoms with Crippen LogP contribution in [0.3, 0.4) is 0 Å². The van der Waals surface area contributed by atoms with Crippen LogP contribution in [-0.2, 0) is 7.05 Å². The van der Waals surface area contributed by atoms with E-state index in [-0.39, 0.29) is 11.7 Å². The zero-order chi connectivity index (χ0) is 15.1. The Morgan fingerprint density at radius 3 is 2.43 bits per heavy atom. The lowest BCUT2D eigenvalue weighted by atomic mass is 9.98. The molecule has 0 radical (unpaired) electrons. The van der Waals surface area contributed by atoms with Gasteiger partial charge in [0.15, 0.2) is 5.78 Å². The van der Waals surface area contributed by atoms with Crippen molar-refractivity contribution in [1.82, 2.24) is 14.8 Å². The van der Waals surface area contributed by atoms with Crippen molar-refractivity contribution in [2.45, 2.75) is 50.7 Å². The van der Waals surface area contributed by atoms with Crippen LogP contribution in [0.5, 0.6) is 0 Å². The van der Waals surface area contributed by atoms with Gasteiger partial charge in [-0.1, -0.05) is 0 Å². The number of hydrogen-bond donors (Lipinski definition) is 1. The lowest BCUT2D eigenvalue weighted by Gasteiger charge is -2.35. The van der Waals surface area contributed by atoms with Crippen LogP contribution in [0.25, 0.3) is 0 Å². The molecule has 1 amide bonds. The van der Waals surface area contributed by atoms with E-state index in [0.717, 1.165) is 12.8 Å². The minimum atomic E-state index is -0.00721. The maximum absolute atomic E-state index is 12.7. The number of fused-ring (bicyclic) bond motifs is 2. The molecule has 2 atom stereocenters. The maximum Gasteiger partial charge on any atom is 0.270 e. The third kappa shape index (κ3) is 2.62. The minimum Gasteiger partial charge on any atom is -0.346 e. The molecule has 2 fully saturated rings. The van der Waals surface area contributed by atoms with E-state index in [9.17, 15) is 9.59 Å². The fourth-order valence-corrected chi connectivity index (χ4v) is 3.66. The number of rotatable bonds is 3. The van der Waals surface area contributed by atoms with Gasteiger partial charge in [0.05, 0.1) is 0 Å². The summed E-state index contributed by atoms with van der Waals surface area (Å²) in [5.41, 5.74) is 1.19. The molecule has 1 N–H and O–H groups in total. The molecule has 2 aliphatic heterocycles. The highest BCUT2D eigenvalue weighted by molar-refractivity contribution is 5.99. The van der Waals surface area contributed by atoms with Crippen LogP contribution in [0.4, 0.5) is 0 Å². The lowest BCUT2D eigenvalue weighted by Crippen LogP contribution is -2.49. The van der Waals surface area contributed by atoms with E-state index < -0.39 is 0 Å². The van der Waals surface area contributed by atoms with E-state index in [2.05, 4.69) is 5.32 Å². The zero-order valence-corrected chi connectivity index (χ0v) is 12.9. The molecule has 1 aromatic heterocycles. The quantitative estimate of drug-likeness (QED) is 0.860. The third-order valence-electron chi connectivity index (χ3n) is 4.95. The third-order valence-corrected chi connectivity index (χ3v) is 4.95. The summed E-state index contributed by atoms with van der Waals surface area (Å²) in [4.78, 5) is 26.0. The average molecular weight is 289 g/mol. The van der Waals surface area contributed by atoms with Crippen molar-refractivity contribution < 1.29 is 9.59 Å². The number of piperidine rings is 1. The summed E-state index contributed by atoms with van der Waals surface area (Å²) in [5.74, 6) is 0.00325. The number of carbonyl (C=O) groups is 2. The fourth-order valence-electron chi connectivity index (χ4n) is 3.66. The first-order valence-electron chi connectivity index (χ1n) is 7.66. The summed E-state index contributed by atoms with van der Waals surface area (Å²) in [6.07, 6.45) is 6.24. The van der Waals surface area contributed by atoms with Gasteiger partial charge < -0.3 is 14.8 Å². The van der Waals surface area contributed by atoms with Gasteiger partial charge in [0, 0.05) is 44.0 Å². The van der Waals surface area contributed by atoms with E-state index in [1.165, 1.54) is 19.8 Å². The Labute approximate surface area is 125 Å². The Bertz CT molecular complexity index is 566. The van der Waals surface area contributed by atoms with E-state index >= 15 is 0 Å². The highest BCUT2D eigenvalue weighted by Crippen LogP contribution is 2.29. The Morgan fingerprint density at radius 2 is 1.90 bits per heavy atom. The number of aromatic nitrogens is 1.